The molecule has 0 radical (unpaired) electrons. The number of aliphatic hydroxyl groups excluding tert-OH is 1. The average molecular weight is 172 g/mol. The van der Waals surface area contributed by atoms with Gasteiger partial charge in [-0.3, -0.25) is 0 Å². The number of rotatable bonds is 4. The Kier molecular flexibility index (Phi) is 5.37. The highest BCUT2D eigenvalue weighted by atomic mass is 16.6. The van der Waals surface area contributed by atoms with Gasteiger partial charge in [0, 0.05) is 12.0 Å². The average Bonchev–Trinajstić information content (AvgIpc) is 2.03. The molecule has 1 unspecified atom stereocenters. The van der Waals surface area contributed by atoms with Gasteiger partial charge < -0.3 is 9.84 Å². The van der Waals surface area contributed by atoms with Gasteiger partial charge in [-0.15, -0.1) is 0 Å². The first-order valence-corrected chi connectivity index (χ1v) is 4.13. The fraction of sp³-hybridized carbons (Fsp3) is 0.667. The van der Waals surface area contributed by atoms with Gasteiger partial charge in [-0.1, -0.05) is 19.4 Å². The molecule has 3 heteroatoms. The van der Waals surface area contributed by atoms with E-state index in [4.69, 9.17) is 9.84 Å². The molecule has 0 amide bonds. The van der Waals surface area contributed by atoms with Gasteiger partial charge in [0.25, 0.3) is 0 Å². The zero-order valence-electron chi connectivity index (χ0n) is 7.83. The van der Waals surface area contributed by atoms with Crippen molar-refractivity contribution in [1.29, 1.82) is 0 Å². The van der Waals surface area contributed by atoms with Crippen LogP contribution in [0.5, 0.6) is 0 Å². The molecule has 0 bridgehead atoms. The molecule has 0 heterocycles. The Balaban J connectivity index is 3.84. The van der Waals surface area contributed by atoms with Crippen LogP contribution in [-0.2, 0) is 9.53 Å². The van der Waals surface area contributed by atoms with Crippen molar-refractivity contribution in [2.75, 3.05) is 0 Å². The van der Waals surface area contributed by atoms with Crippen molar-refractivity contribution in [3.05, 3.63) is 11.6 Å². The first-order chi connectivity index (χ1) is 5.61. The van der Waals surface area contributed by atoms with Crippen LogP contribution < -0.4 is 0 Å². The zero-order valence-corrected chi connectivity index (χ0v) is 7.83. The van der Waals surface area contributed by atoms with Crippen LogP contribution in [0.25, 0.3) is 0 Å². The maximum Gasteiger partial charge on any atom is 0.335 e. The Hall–Kier alpha value is -0.830. The number of carbonyl (C=O) groups is 1. The molecule has 70 valence electrons. The van der Waals surface area contributed by atoms with Crippen LogP contribution in [0.4, 0.5) is 0 Å². The maximum absolute atomic E-state index is 11.0. The number of hydrogen-bond acceptors (Lipinski definition) is 3. The summed E-state index contributed by atoms with van der Waals surface area (Å²) in [4.78, 5) is 11.0. The number of ether oxygens (including phenoxy) is 1. The summed E-state index contributed by atoms with van der Waals surface area (Å²) in [5.74, 6) is -0.446. The van der Waals surface area contributed by atoms with Gasteiger partial charge >= 0.3 is 5.97 Å². The molecular weight excluding hydrogens is 156 g/mol. The van der Waals surface area contributed by atoms with Crippen molar-refractivity contribution in [3.8, 4) is 0 Å². The van der Waals surface area contributed by atoms with Crippen molar-refractivity contribution in [2.45, 2.75) is 39.9 Å². The van der Waals surface area contributed by atoms with Crippen LogP contribution in [0.15, 0.2) is 11.6 Å². The van der Waals surface area contributed by atoms with E-state index in [0.717, 1.165) is 6.42 Å². The molecule has 0 aliphatic carbocycles. The normalized spacial score (nSPS) is 14.2. The van der Waals surface area contributed by atoms with Crippen LogP contribution in [0, 0.1) is 0 Å². The molecule has 0 aliphatic heterocycles. The second-order valence-electron chi connectivity index (χ2n) is 2.62. The third-order valence-electron chi connectivity index (χ3n) is 1.53. The quantitative estimate of drug-likeness (QED) is 0.398. The molecule has 0 rings (SSSR count). The van der Waals surface area contributed by atoms with Gasteiger partial charge in [-0.2, -0.15) is 0 Å². The third kappa shape index (κ3) is 4.13. The molecule has 12 heavy (non-hydrogen) atoms. The monoisotopic (exact) mass is 172 g/mol. The summed E-state index contributed by atoms with van der Waals surface area (Å²) < 4.78 is 4.69. The van der Waals surface area contributed by atoms with Gasteiger partial charge in [-0.25, -0.2) is 4.79 Å². The minimum atomic E-state index is -0.961. The van der Waals surface area contributed by atoms with Crippen molar-refractivity contribution in [3.63, 3.8) is 0 Å². The lowest BCUT2D eigenvalue weighted by molar-refractivity contribution is -0.163. The minimum Gasteiger partial charge on any atom is -0.433 e. The van der Waals surface area contributed by atoms with E-state index in [1.165, 1.54) is 0 Å². The van der Waals surface area contributed by atoms with E-state index < -0.39 is 12.3 Å². The van der Waals surface area contributed by atoms with Crippen LogP contribution in [0.2, 0.25) is 0 Å². The van der Waals surface area contributed by atoms with Gasteiger partial charge in [0.2, 0.25) is 6.29 Å². The fourth-order valence-electron chi connectivity index (χ4n) is 0.640. The molecule has 0 spiro atoms. The molecule has 0 aromatic carbocycles. The highest BCUT2D eigenvalue weighted by Crippen LogP contribution is 2.03. The van der Waals surface area contributed by atoms with Gasteiger partial charge in [0.15, 0.2) is 0 Å². The molecule has 0 aromatic heterocycles. The Morgan fingerprint density at radius 2 is 2.25 bits per heavy atom. The van der Waals surface area contributed by atoms with E-state index in [-0.39, 0.29) is 0 Å². The van der Waals surface area contributed by atoms with Crippen LogP contribution in [0.3, 0.4) is 0 Å². The second-order valence-corrected chi connectivity index (χ2v) is 2.62. The standard InChI is InChI=1S/C9H16O3/c1-4-6-8(10)12-9(11)7(3)5-2/h5,8,10H,4,6H2,1-3H3. The number of carbonyl (C=O) groups excluding carboxylic acids is 1. The molecule has 0 aromatic rings. The van der Waals surface area contributed by atoms with Crippen molar-refractivity contribution < 1.29 is 14.6 Å². The SMILES string of the molecule is CC=C(C)C(=O)OC(O)CCC. The molecular formula is C9H16O3. The highest BCUT2D eigenvalue weighted by molar-refractivity contribution is 5.87. The molecule has 0 saturated heterocycles. The zero-order chi connectivity index (χ0) is 9.56. The summed E-state index contributed by atoms with van der Waals surface area (Å²) in [6.45, 7) is 5.32. The minimum absolute atomic E-state index is 0.446. The van der Waals surface area contributed by atoms with E-state index in [0.29, 0.717) is 12.0 Å². The van der Waals surface area contributed by atoms with E-state index in [1.54, 1.807) is 19.9 Å². The Labute approximate surface area is 73.0 Å². The predicted molar refractivity (Wildman–Crippen MR) is 46.4 cm³/mol. The van der Waals surface area contributed by atoms with E-state index in [1.807, 2.05) is 6.92 Å². The summed E-state index contributed by atoms with van der Waals surface area (Å²) in [6, 6.07) is 0. The lowest BCUT2D eigenvalue weighted by Gasteiger charge is -2.10. The van der Waals surface area contributed by atoms with Crippen LogP contribution in [0.1, 0.15) is 33.6 Å². The predicted octanol–water partition coefficient (Wildman–Crippen LogP) is 1.61. The number of hydrogen-bond donors (Lipinski definition) is 1. The van der Waals surface area contributed by atoms with Crippen molar-refractivity contribution in [1.82, 2.24) is 0 Å². The summed E-state index contributed by atoms with van der Waals surface area (Å²) >= 11 is 0. The van der Waals surface area contributed by atoms with Gasteiger partial charge in [0.05, 0.1) is 0 Å². The first-order valence-electron chi connectivity index (χ1n) is 4.13. The lowest BCUT2D eigenvalue weighted by Crippen LogP contribution is -2.17. The number of aliphatic hydroxyl groups is 1. The molecule has 0 aliphatic rings. The Bertz CT molecular complexity index is 173. The summed E-state index contributed by atoms with van der Waals surface area (Å²) in [6.07, 6.45) is 1.98. The number of esters is 1. The topological polar surface area (TPSA) is 46.5 Å². The summed E-state index contributed by atoms with van der Waals surface area (Å²) in [7, 11) is 0. The van der Waals surface area contributed by atoms with E-state index in [2.05, 4.69) is 0 Å². The lowest BCUT2D eigenvalue weighted by atomic mass is 10.3. The molecule has 0 saturated carbocycles. The van der Waals surface area contributed by atoms with Crippen molar-refractivity contribution in [2.24, 2.45) is 0 Å². The second kappa shape index (κ2) is 5.77. The molecule has 3 nitrogen and oxygen atoms in total. The van der Waals surface area contributed by atoms with E-state index in [9.17, 15) is 4.79 Å². The largest absolute Gasteiger partial charge is 0.433 e. The smallest absolute Gasteiger partial charge is 0.335 e. The molecule has 1 atom stereocenters. The van der Waals surface area contributed by atoms with Gasteiger partial charge in [-0.05, 0) is 13.8 Å². The first kappa shape index (κ1) is 11.2. The summed E-state index contributed by atoms with van der Waals surface area (Å²) in [5, 5.41) is 9.09. The number of allylic oxidation sites excluding steroid dienone is 1. The maximum atomic E-state index is 11.0. The molecule has 0 fully saturated rings. The van der Waals surface area contributed by atoms with E-state index >= 15 is 0 Å². The van der Waals surface area contributed by atoms with Crippen LogP contribution >= 0.6 is 0 Å². The Morgan fingerprint density at radius 3 is 2.67 bits per heavy atom. The van der Waals surface area contributed by atoms with Crippen LogP contribution in [-0.4, -0.2) is 17.4 Å². The van der Waals surface area contributed by atoms with Gasteiger partial charge in [0.1, 0.15) is 0 Å². The Morgan fingerprint density at radius 1 is 1.67 bits per heavy atom. The summed E-state index contributed by atoms with van der Waals surface area (Å²) in [5.41, 5.74) is 0.519. The highest BCUT2D eigenvalue weighted by Gasteiger charge is 2.10. The fourth-order valence-corrected chi connectivity index (χ4v) is 0.640. The molecule has 1 N–H and O–H groups in total. The third-order valence-corrected chi connectivity index (χ3v) is 1.53. The van der Waals surface area contributed by atoms with Crippen molar-refractivity contribution >= 4 is 5.97 Å².